The molecule has 0 unspecified atom stereocenters. The molecule has 0 aliphatic rings. The van der Waals surface area contributed by atoms with Gasteiger partial charge in [-0.2, -0.15) is 13.2 Å². The summed E-state index contributed by atoms with van der Waals surface area (Å²) in [6, 6.07) is 3.64. The van der Waals surface area contributed by atoms with Crippen molar-refractivity contribution >= 4 is 17.1 Å². The predicted octanol–water partition coefficient (Wildman–Crippen LogP) is 1.78. The van der Waals surface area contributed by atoms with Crippen LogP contribution in [0.25, 0.3) is 0 Å². The van der Waals surface area contributed by atoms with Crippen LogP contribution in [-0.4, -0.2) is 6.30 Å². The summed E-state index contributed by atoms with van der Waals surface area (Å²) in [5, 5.41) is 1.31. The average molecular weight is 191 g/mol. The van der Waals surface area contributed by atoms with Crippen LogP contribution in [0.1, 0.15) is 0 Å². The fourth-order valence-electron chi connectivity index (χ4n) is 0.816. The molecule has 0 bridgehead atoms. The zero-order valence-corrected chi connectivity index (χ0v) is 6.52. The first kappa shape index (κ1) is 9.50. The smallest absolute Gasteiger partial charge is 0.397 e. The van der Waals surface area contributed by atoms with Gasteiger partial charge in [-0.1, -0.05) is 0 Å². The third-order valence-corrected chi connectivity index (χ3v) is 1.37. The maximum atomic E-state index is 11.8. The van der Waals surface area contributed by atoms with E-state index in [4.69, 9.17) is 11.5 Å². The Morgan fingerprint density at radius 3 is 2.15 bits per heavy atom. The Labute approximate surface area is 72.5 Å². The van der Waals surface area contributed by atoms with Crippen molar-refractivity contribution in [3.05, 3.63) is 18.2 Å². The minimum Gasteiger partial charge on any atom is -0.397 e. The molecule has 5 N–H and O–H groups in total. The lowest BCUT2D eigenvalue weighted by Gasteiger charge is -2.10. The third-order valence-electron chi connectivity index (χ3n) is 1.37. The average Bonchev–Trinajstić information content (AvgIpc) is 1.94. The van der Waals surface area contributed by atoms with Crippen molar-refractivity contribution in [2.24, 2.45) is 0 Å². The third kappa shape index (κ3) is 2.73. The van der Waals surface area contributed by atoms with Gasteiger partial charge in [0.25, 0.3) is 0 Å². The molecule has 72 valence electrons. The van der Waals surface area contributed by atoms with E-state index >= 15 is 0 Å². The van der Waals surface area contributed by atoms with E-state index < -0.39 is 6.30 Å². The molecule has 1 aromatic rings. The van der Waals surface area contributed by atoms with Crippen molar-refractivity contribution in [3.63, 3.8) is 0 Å². The molecule has 0 amide bonds. The van der Waals surface area contributed by atoms with Gasteiger partial charge in [-0.15, -0.1) is 0 Å². The molecule has 0 fully saturated rings. The van der Waals surface area contributed by atoms with Crippen LogP contribution in [0.2, 0.25) is 0 Å². The van der Waals surface area contributed by atoms with Crippen LogP contribution in [0.15, 0.2) is 18.2 Å². The summed E-state index contributed by atoms with van der Waals surface area (Å²) in [5.41, 5.74) is 10.9. The highest BCUT2D eigenvalue weighted by molar-refractivity contribution is 5.69. The number of nitrogens with one attached hydrogen (secondary N) is 1. The van der Waals surface area contributed by atoms with Crippen molar-refractivity contribution in [2.75, 3.05) is 16.8 Å². The number of nitrogens with two attached hydrogens (primary N) is 2. The maximum absolute atomic E-state index is 11.8. The van der Waals surface area contributed by atoms with Crippen LogP contribution < -0.4 is 16.8 Å². The number of halogens is 3. The number of rotatable bonds is 1. The predicted molar refractivity (Wildman–Crippen MR) is 44.9 cm³/mol. The molecule has 1 rings (SSSR count). The van der Waals surface area contributed by atoms with Crippen LogP contribution >= 0.6 is 0 Å². The lowest BCUT2D eigenvalue weighted by Crippen LogP contribution is -2.20. The number of hydrogen-bond donors (Lipinski definition) is 3. The summed E-state index contributed by atoms with van der Waals surface area (Å²) in [5.74, 6) is 0. The van der Waals surface area contributed by atoms with Gasteiger partial charge in [-0.05, 0) is 18.2 Å². The van der Waals surface area contributed by atoms with Gasteiger partial charge >= 0.3 is 6.30 Å². The second-order valence-electron chi connectivity index (χ2n) is 2.47. The van der Waals surface area contributed by atoms with E-state index in [9.17, 15) is 13.2 Å². The number of alkyl halides is 3. The van der Waals surface area contributed by atoms with Gasteiger partial charge in [0.05, 0.1) is 11.4 Å². The molecule has 1 aromatic carbocycles. The minimum absolute atomic E-state index is 0.120. The summed E-state index contributed by atoms with van der Waals surface area (Å²) in [4.78, 5) is 0. The number of anilines is 3. The monoisotopic (exact) mass is 191 g/mol. The summed E-state index contributed by atoms with van der Waals surface area (Å²) in [6.07, 6.45) is -4.46. The molecule has 13 heavy (non-hydrogen) atoms. The first-order chi connectivity index (χ1) is 5.88. The molecule has 0 aromatic heterocycles. The Kier molecular flexibility index (Phi) is 2.22. The summed E-state index contributed by atoms with van der Waals surface area (Å²) in [6.45, 7) is 0. The lowest BCUT2D eigenvalue weighted by molar-refractivity contribution is -0.0999. The normalized spacial score (nSPS) is 11.3. The maximum Gasteiger partial charge on any atom is 0.482 e. The first-order valence-electron chi connectivity index (χ1n) is 3.38. The molecule has 0 aliphatic carbocycles. The van der Waals surface area contributed by atoms with Crippen molar-refractivity contribution < 1.29 is 13.2 Å². The summed E-state index contributed by atoms with van der Waals surface area (Å²) in [7, 11) is 0. The Hall–Kier alpha value is -1.59. The van der Waals surface area contributed by atoms with E-state index in [0.29, 0.717) is 0 Å². The molecular weight excluding hydrogens is 183 g/mol. The van der Waals surface area contributed by atoms with Gasteiger partial charge in [0.1, 0.15) is 0 Å². The Morgan fingerprint density at radius 2 is 1.69 bits per heavy atom. The Balaban J connectivity index is 2.86. The molecule has 0 aliphatic heterocycles. The zero-order chi connectivity index (χ0) is 10.1. The highest BCUT2D eigenvalue weighted by atomic mass is 19.4. The Morgan fingerprint density at radius 1 is 1.08 bits per heavy atom. The first-order valence-corrected chi connectivity index (χ1v) is 3.38. The largest absolute Gasteiger partial charge is 0.482 e. The van der Waals surface area contributed by atoms with Crippen LogP contribution in [0.4, 0.5) is 30.2 Å². The van der Waals surface area contributed by atoms with E-state index in [1.54, 1.807) is 0 Å². The van der Waals surface area contributed by atoms with Crippen molar-refractivity contribution in [1.29, 1.82) is 0 Å². The van der Waals surface area contributed by atoms with Crippen molar-refractivity contribution in [1.82, 2.24) is 0 Å². The summed E-state index contributed by atoms with van der Waals surface area (Å²) < 4.78 is 35.4. The van der Waals surface area contributed by atoms with E-state index in [0.717, 1.165) is 6.07 Å². The van der Waals surface area contributed by atoms with Gasteiger partial charge in [0.2, 0.25) is 0 Å². The minimum atomic E-state index is -4.46. The van der Waals surface area contributed by atoms with Gasteiger partial charge < -0.3 is 11.5 Å². The lowest BCUT2D eigenvalue weighted by atomic mass is 10.2. The molecule has 0 radical (unpaired) electrons. The number of benzene rings is 1. The molecule has 0 heterocycles. The number of hydrogen-bond acceptors (Lipinski definition) is 3. The van der Waals surface area contributed by atoms with Gasteiger partial charge in [0.15, 0.2) is 0 Å². The fraction of sp³-hybridized carbons (Fsp3) is 0.143. The van der Waals surface area contributed by atoms with E-state index in [2.05, 4.69) is 0 Å². The molecule has 3 nitrogen and oxygen atoms in total. The molecular formula is C7H8F3N3. The SMILES string of the molecule is Nc1ccc(NC(F)(F)F)cc1N. The fourth-order valence-corrected chi connectivity index (χ4v) is 0.816. The highest BCUT2D eigenvalue weighted by Crippen LogP contribution is 2.24. The topological polar surface area (TPSA) is 64.1 Å². The molecule has 0 saturated heterocycles. The highest BCUT2D eigenvalue weighted by Gasteiger charge is 2.26. The standard InChI is InChI=1S/C7H8F3N3/c8-7(9,10)13-4-1-2-5(11)6(12)3-4/h1-3,13H,11-12H2. The van der Waals surface area contributed by atoms with Gasteiger partial charge in [-0.3, -0.25) is 5.32 Å². The molecule has 0 atom stereocenters. The van der Waals surface area contributed by atoms with Crippen LogP contribution in [0.5, 0.6) is 0 Å². The second-order valence-corrected chi connectivity index (χ2v) is 2.47. The van der Waals surface area contributed by atoms with Crippen LogP contribution in [0.3, 0.4) is 0 Å². The van der Waals surface area contributed by atoms with Gasteiger partial charge in [-0.25, -0.2) is 0 Å². The van der Waals surface area contributed by atoms with Crippen molar-refractivity contribution in [2.45, 2.75) is 6.30 Å². The zero-order valence-electron chi connectivity index (χ0n) is 6.52. The number of nitrogen functional groups attached to an aromatic ring is 2. The second kappa shape index (κ2) is 3.04. The van der Waals surface area contributed by atoms with E-state index in [-0.39, 0.29) is 17.1 Å². The van der Waals surface area contributed by atoms with Crippen molar-refractivity contribution in [3.8, 4) is 0 Å². The summed E-state index contributed by atoms with van der Waals surface area (Å²) >= 11 is 0. The molecule has 6 heteroatoms. The quantitative estimate of drug-likeness (QED) is 0.468. The van der Waals surface area contributed by atoms with Gasteiger partial charge in [0, 0.05) is 5.69 Å². The van der Waals surface area contributed by atoms with E-state index in [1.807, 2.05) is 0 Å². The molecule has 0 saturated carbocycles. The van der Waals surface area contributed by atoms with E-state index in [1.165, 1.54) is 17.4 Å². The Bertz CT molecular complexity index is 308. The van der Waals surface area contributed by atoms with Crippen LogP contribution in [-0.2, 0) is 0 Å². The molecule has 0 spiro atoms. The van der Waals surface area contributed by atoms with Crippen LogP contribution in [0, 0.1) is 0 Å².